The number of fused-ring (bicyclic) bond motifs is 1. The molecule has 2 aromatic heterocycles. The maximum Gasteiger partial charge on any atom is 0.338 e. The molecule has 0 aliphatic carbocycles. The number of amides is 1. The van der Waals surface area contributed by atoms with Crippen molar-refractivity contribution in [3.8, 4) is 0 Å². The van der Waals surface area contributed by atoms with Crippen molar-refractivity contribution < 1.29 is 14.3 Å². The van der Waals surface area contributed by atoms with E-state index in [0.29, 0.717) is 40.1 Å². The first kappa shape index (κ1) is 22.4. The number of ether oxygens (including phenoxy) is 1. The number of esters is 1. The number of anilines is 1. The van der Waals surface area contributed by atoms with Gasteiger partial charge in [0.25, 0.3) is 0 Å². The van der Waals surface area contributed by atoms with Crippen LogP contribution in [-0.2, 0) is 16.1 Å². The van der Waals surface area contributed by atoms with Crippen LogP contribution < -0.4 is 5.32 Å². The largest absolute Gasteiger partial charge is 0.462 e. The summed E-state index contributed by atoms with van der Waals surface area (Å²) < 4.78 is 7.03. The van der Waals surface area contributed by atoms with Crippen LogP contribution >= 0.6 is 35.0 Å². The average Bonchev–Trinajstić information content (AvgIpc) is 3.07. The van der Waals surface area contributed by atoms with Crippen molar-refractivity contribution in [3.05, 3.63) is 45.6 Å². The number of aromatic nitrogens is 3. The summed E-state index contributed by atoms with van der Waals surface area (Å²) in [5, 5.41) is 4.08. The third-order valence-electron chi connectivity index (χ3n) is 4.24. The van der Waals surface area contributed by atoms with Crippen molar-refractivity contribution in [2.45, 2.75) is 32.5 Å². The highest BCUT2D eigenvalue weighted by Gasteiger charge is 2.16. The first-order valence-corrected chi connectivity index (χ1v) is 11.0. The van der Waals surface area contributed by atoms with Crippen molar-refractivity contribution in [2.75, 3.05) is 17.7 Å². The molecule has 1 amide bonds. The number of aryl methyl sites for hydroxylation is 2. The molecule has 158 valence electrons. The number of imidazole rings is 1. The van der Waals surface area contributed by atoms with Crippen LogP contribution in [0, 0.1) is 6.92 Å². The molecule has 0 radical (unpaired) electrons. The second-order valence-corrected chi connectivity index (χ2v) is 8.04. The number of carbonyl (C=O) groups excluding carboxylic acids is 2. The predicted molar refractivity (Wildman–Crippen MR) is 120 cm³/mol. The van der Waals surface area contributed by atoms with Crippen LogP contribution in [-0.4, -0.2) is 38.8 Å². The van der Waals surface area contributed by atoms with Crippen LogP contribution in [0.3, 0.4) is 0 Å². The van der Waals surface area contributed by atoms with Crippen molar-refractivity contribution in [1.29, 1.82) is 0 Å². The molecule has 10 heteroatoms. The summed E-state index contributed by atoms with van der Waals surface area (Å²) in [6.07, 6.45) is 0. The van der Waals surface area contributed by atoms with Gasteiger partial charge in [-0.1, -0.05) is 35.0 Å². The van der Waals surface area contributed by atoms with Gasteiger partial charge in [-0.2, -0.15) is 0 Å². The SMILES string of the molecule is CCOC(=O)c1ccc2c(c1)nc(SCC(=O)Nc1nc(C)c(Cl)cc1Cl)n2CC. The minimum absolute atomic E-state index is 0.119. The average molecular weight is 467 g/mol. The van der Waals surface area contributed by atoms with Gasteiger partial charge in [0, 0.05) is 6.54 Å². The highest BCUT2D eigenvalue weighted by Crippen LogP contribution is 2.27. The monoisotopic (exact) mass is 466 g/mol. The van der Waals surface area contributed by atoms with Crippen molar-refractivity contribution in [1.82, 2.24) is 14.5 Å². The fourth-order valence-corrected chi connectivity index (χ4v) is 4.09. The maximum atomic E-state index is 12.4. The maximum absolute atomic E-state index is 12.4. The Labute approximate surface area is 188 Å². The number of rotatable bonds is 7. The lowest BCUT2D eigenvalue weighted by Gasteiger charge is -2.09. The third-order valence-corrected chi connectivity index (χ3v) is 5.88. The van der Waals surface area contributed by atoms with Crippen LogP contribution in [0.4, 0.5) is 5.82 Å². The number of benzene rings is 1. The van der Waals surface area contributed by atoms with Gasteiger partial charge >= 0.3 is 5.97 Å². The molecular formula is C20H20Cl2N4O3S. The summed E-state index contributed by atoms with van der Waals surface area (Å²) in [4.78, 5) is 33.2. The van der Waals surface area contributed by atoms with Gasteiger partial charge in [0.1, 0.15) is 0 Å². The fraction of sp³-hybridized carbons (Fsp3) is 0.300. The van der Waals surface area contributed by atoms with E-state index < -0.39 is 0 Å². The summed E-state index contributed by atoms with van der Waals surface area (Å²) in [7, 11) is 0. The number of nitrogens with one attached hydrogen (secondary N) is 1. The van der Waals surface area contributed by atoms with E-state index in [0.717, 1.165) is 5.52 Å². The van der Waals surface area contributed by atoms with E-state index in [2.05, 4.69) is 15.3 Å². The Hall–Kier alpha value is -2.29. The normalized spacial score (nSPS) is 11.0. The zero-order valence-electron chi connectivity index (χ0n) is 16.7. The number of pyridine rings is 1. The van der Waals surface area contributed by atoms with E-state index in [9.17, 15) is 9.59 Å². The number of carbonyl (C=O) groups is 2. The second kappa shape index (κ2) is 9.68. The number of thioether (sulfide) groups is 1. The van der Waals surface area contributed by atoms with E-state index in [1.54, 1.807) is 32.0 Å². The Morgan fingerprint density at radius 3 is 2.63 bits per heavy atom. The lowest BCUT2D eigenvalue weighted by Crippen LogP contribution is -2.16. The summed E-state index contributed by atoms with van der Waals surface area (Å²) in [5.74, 6) is -0.264. The Bertz CT molecular complexity index is 1120. The van der Waals surface area contributed by atoms with Crippen LogP contribution in [0.15, 0.2) is 29.4 Å². The number of hydrogen-bond acceptors (Lipinski definition) is 6. The molecule has 0 bridgehead atoms. The highest BCUT2D eigenvalue weighted by atomic mass is 35.5. The first-order chi connectivity index (χ1) is 14.3. The topological polar surface area (TPSA) is 86.1 Å². The highest BCUT2D eigenvalue weighted by molar-refractivity contribution is 7.99. The fourth-order valence-electron chi connectivity index (χ4n) is 2.81. The molecule has 0 aliphatic rings. The van der Waals surface area contributed by atoms with Gasteiger partial charge in [0.15, 0.2) is 11.0 Å². The quantitative estimate of drug-likeness (QED) is 0.390. The molecule has 2 heterocycles. The van der Waals surface area contributed by atoms with E-state index in [4.69, 9.17) is 27.9 Å². The smallest absolute Gasteiger partial charge is 0.338 e. The molecule has 0 fully saturated rings. The molecule has 1 aromatic carbocycles. The van der Waals surface area contributed by atoms with Crippen LogP contribution in [0.1, 0.15) is 29.9 Å². The molecule has 7 nitrogen and oxygen atoms in total. The molecule has 0 unspecified atom stereocenters. The van der Waals surface area contributed by atoms with Crippen molar-refractivity contribution in [3.63, 3.8) is 0 Å². The van der Waals surface area contributed by atoms with Crippen molar-refractivity contribution in [2.24, 2.45) is 0 Å². The first-order valence-electron chi connectivity index (χ1n) is 9.26. The van der Waals surface area contributed by atoms with E-state index >= 15 is 0 Å². The minimum atomic E-state index is -0.387. The molecular weight excluding hydrogens is 447 g/mol. The van der Waals surface area contributed by atoms with Gasteiger partial charge in [0.2, 0.25) is 5.91 Å². The Balaban J connectivity index is 1.75. The van der Waals surface area contributed by atoms with E-state index in [1.807, 2.05) is 17.6 Å². The molecule has 3 aromatic rings. The van der Waals surface area contributed by atoms with Gasteiger partial charge in [-0.3, -0.25) is 4.79 Å². The molecule has 0 spiro atoms. The molecule has 0 saturated carbocycles. The number of halogens is 2. The molecule has 0 aliphatic heterocycles. The van der Waals surface area contributed by atoms with E-state index in [-0.39, 0.29) is 28.5 Å². The molecule has 30 heavy (non-hydrogen) atoms. The standard InChI is InChI=1S/C20H20Cl2N4O3S/c1-4-26-16-7-6-12(19(28)29-5-2)8-15(16)24-20(26)30-10-17(27)25-18-14(22)9-13(21)11(3)23-18/h6-9H,4-5,10H2,1-3H3,(H,23,25,27). The molecule has 1 N–H and O–H groups in total. The Morgan fingerprint density at radius 2 is 1.93 bits per heavy atom. The van der Waals surface area contributed by atoms with Gasteiger partial charge in [-0.05, 0) is 45.0 Å². The van der Waals surface area contributed by atoms with Crippen LogP contribution in [0.25, 0.3) is 11.0 Å². The lowest BCUT2D eigenvalue weighted by atomic mass is 10.2. The summed E-state index contributed by atoms with van der Waals surface area (Å²) in [5.41, 5.74) is 2.57. The van der Waals surface area contributed by atoms with Gasteiger partial charge in [0.05, 0.1) is 44.7 Å². The van der Waals surface area contributed by atoms with Crippen molar-refractivity contribution >= 4 is 63.7 Å². The Kier molecular flexibility index (Phi) is 7.23. The number of nitrogens with zero attached hydrogens (tertiary/aromatic N) is 3. The minimum Gasteiger partial charge on any atom is -0.462 e. The number of hydrogen-bond donors (Lipinski definition) is 1. The lowest BCUT2D eigenvalue weighted by molar-refractivity contribution is -0.113. The zero-order valence-corrected chi connectivity index (χ0v) is 19.0. The molecule has 0 saturated heterocycles. The second-order valence-electron chi connectivity index (χ2n) is 6.29. The van der Waals surface area contributed by atoms with Crippen LogP contribution in [0.2, 0.25) is 10.0 Å². The molecule has 0 atom stereocenters. The summed E-state index contributed by atoms with van der Waals surface area (Å²) in [6.45, 7) is 6.46. The summed E-state index contributed by atoms with van der Waals surface area (Å²) in [6, 6.07) is 6.80. The van der Waals surface area contributed by atoms with Crippen LogP contribution in [0.5, 0.6) is 0 Å². The van der Waals surface area contributed by atoms with E-state index in [1.165, 1.54) is 11.8 Å². The Morgan fingerprint density at radius 1 is 1.17 bits per heavy atom. The van der Waals surface area contributed by atoms with Gasteiger partial charge in [-0.25, -0.2) is 14.8 Å². The molecule has 3 rings (SSSR count). The third kappa shape index (κ3) is 4.88. The van der Waals surface area contributed by atoms with Gasteiger partial charge < -0.3 is 14.6 Å². The zero-order chi connectivity index (χ0) is 21.8. The predicted octanol–water partition coefficient (Wildman–Crippen LogP) is 4.97. The summed E-state index contributed by atoms with van der Waals surface area (Å²) >= 11 is 13.4. The van der Waals surface area contributed by atoms with Gasteiger partial charge in [-0.15, -0.1) is 0 Å².